The summed E-state index contributed by atoms with van der Waals surface area (Å²) in [7, 11) is 0. The number of carboxylic acids is 1. The number of thioether (sulfide) groups is 1. The fourth-order valence-corrected chi connectivity index (χ4v) is 2.10. The summed E-state index contributed by atoms with van der Waals surface area (Å²) in [6.45, 7) is 2.99. The lowest BCUT2D eigenvalue weighted by Gasteiger charge is -2.25. The van der Waals surface area contributed by atoms with Crippen molar-refractivity contribution in [3.63, 3.8) is 0 Å². The number of halogens is 2. The first-order chi connectivity index (χ1) is 9.30. The maximum Gasteiger partial charge on any atom is 0.329 e. The first-order valence-corrected chi connectivity index (χ1v) is 6.78. The van der Waals surface area contributed by atoms with Gasteiger partial charge in [-0.15, -0.1) is 0 Å². The number of carboxylic acid groups (broad SMARTS) is 1. The first-order valence-electron chi connectivity index (χ1n) is 5.90. The highest BCUT2D eigenvalue weighted by Gasteiger charge is 2.33. The third-order valence-electron chi connectivity index (χ3n) is 2.92. The Bertz CT molecular complexity index is 510. The quantitative estimate of drug-likeness (QED) is 0.793. The molecule has 0 aliphatic rings. The van der Waals surface area contributed by atoms with E-state index < -0.39 is 23.2 Å². The summed E-state index contributed by atoms with van der Waals surface area (Å²) < 4.78 is 24.9. The Balaban J connectivity index is 3.01. The Labute approximate surface area is 119 Å². The van der Waals surface area contributed by atoms with Crippen molar-refractivity contribution in [2.75, 3.05) is 0 Å². The van der Waals surface area contributed by atoms with E-state index in [0.717, 1.165) is 0 Å². The molecule has 0 aliphatic heterocycles. The molecule has 1 aromatic carbocycles. The molecule has 20 heavy (non-hydrogen) atoms. The number of carbonyl (C=O) groups is 2. The molecule has 1 unspecified atom stereocenters. The van der Waals surface area contributed by atoms with Crippen molar-refractivity contribution in [3.8, 4) is 0 Å². The summed E-state index contributed by atoms with van der Waals surface area (Å²) in [5.41, 5.74) is -1.39. The monoisotopic (exact) mass is 303 g/mol. The summed E-state index contributed by atoms with van der Waals surface area (Å²) in [5.74, 6) is -4.51. The minimum absolute atomic E-state index is 0.0405. The van der Waals surface area contributed by atoms with Crippen molar-refractivity contribution in [2.24, 2.45) is 0 Å². The van der Waals surface area contributed by atoms with Crippen molar-refractivity contribution in [2.45, 2.75) is 36.5 Å². The topological polar surface area (TPSA) is 66.4 Å². The van der Waals surface area contributed by atoms with Crippen molar-refractivity contribution in [1.82, 2.24) is 5.32 Å². The van der Waals surface area contributed by atoms with Gasteiger partial charge < -0.3 is 10.4 Å². The lowest BCUT2D eigenvalue weighted by atomic mass is 9.98. The van der Waals surface area contributed by atoms with Crippen LogP contribution in [0, 0.1) is 0 Å². The summed E-state index contributed by atoms with van der Waals surface area (Å²) in [4.78, 5) is 23.3. The number of nitrogens with one attached hydrogen (secondary N) is 1. The molecule has 0 spiro atoms. The molecule has 0 fully saturated rings. The number of rotatable bonds is 6. The summed E-state index contributed by atoms with van der Waals surface area (Å²) in [6.07, 6.45) is 0.179. The molecule has 110 valence electrons. The van der Waals surface area contributed by atoms with Crippen molar-refractivity contribution < 1.29 is 23.5 Å². The number of alkyl halides is 2. The molecule has 1 rings (SSSR count). The van der Waals surface area contributed by atoms with E-state index in [2.05, 4.69) is 5.32 Å². The zero-order valence-corrected chi connectivity index (χ0v) is 11.8. The molecule has 0 radical (unpaired) electrons. The van der Waals surface area contributed by atoms with Crippen LogP contribution in [0.2, 0.25) is 0 Å². The summed E-state index contributed by atoms with van der Waals surface area (Å²) in [6, 6.07) is 5.86. The van der Waals surface area contributed by atoms with Gasteiger partial charge in [0.1, 0.15) is 5.54 Å². The normalized spacial score (nSPS) is 13.8. The minimum Gasteiger partial charge on any atom is -0.480 e. The molecular weight excluding hydrogens is 288 g/mol. The number of hydrogen-bond donors (Lipinski definition) is 2. The van der Waals surface area contributed by atoms with Crippen molar-refractivity contribution in [3.05, 3.63) is 29.8 Å². The average molecular weight is 303 g/mol. The molecular formula is C13H15F2NO3S. The molecule has 4 nitrogen and oxygen atoms in total. The SMILES string of the molecule is CCC(C)(NC(=O)c1ccccc1SC(F)F)C(=O)O. The van der Waals surface area contributed by atoms with Gasteiger partial charge in [0.15, 0.2) is 0 Å². The number of hydrogen-bond acceptors (Lipinski definition) is 3. The minimum atomic E-state index is -2.65. The summed E-state index contributed by atoms with van der Waals surface area (Å²) in [5, 5.41) is 11.5. The Morgan fingerprint density at radius 2 is 2.00 bits per heavy atom. The predicted octanol–water partition coefficient (Wildman–Crippen LogP) is 2.98. The van der Waals surface area contributed by atoms with E-state index in [1.807, 2.05) is 0 Å². The fourth-order valence-electron chi connectivity index (χ4n) is 1.46. The number of benzene rings is 1. The zero-order chi connectivity index (χ0) is 15.3. The van der Waals surface area contributed by atoms with Gasteiger partial charge in [-0.05, 0) is 25.5 Å². The fraction of sp³-hybridized carbons (Fsp3) is 0.385. The molecule has 1 amide bonds. The highest BCUT2D eigenvalue weighted by molar-refractivity contribution is 7.99. The standard InChI is InChI=1S/C13H15F2NO3S/c1-3-13(2,11(18)19)16-10(17)8-6-4-5-7-9(8)20-12(14)15/h4-7,12H,3H2,1-2H3,(H,16,17)(H,18,19). The second kappa shape index (κ2) is 6.69. The zero-order valence-electron chi connectivity index (χ0n) is 11.0. The lowest BCUT2D eigenvalue weighted by molar-refractivity contribution is -0.143. The van der Waals surface area contributed by atoms with Gasteiger partial charge in [0.25, 0.3) is 11.7 Å². The van der Waals surface area contributed by atoms with E-state index >= 15 is 0 Å². The second-order valence-electron chi connectivity index (χ2n) is 4.32. The van der Waals surface area contributed by atoms with Crippen LogP contribution in [-0.2, 0) is 4.79 Å². The van der Waals surface area contributed by atoms with Gasteiger partial charge in [-0.3, -0.25) is 4.79 Å². The predicted molar refractivity (Wildman–Crippen MR) is 72.1 cm³/mol. The van der Waals surface area contributed by atoms with E-state index in [-0.39, 0.29) is 28.6 Å². The van der Waals surface area contributed by atoms with Gasteiger partial charge in [0.2, 0.25) is 0 Å². The average Bonchev–Trinajstić information content (AvgIpc) is 2.38. The van der Waals surface area contributed by atoms with Crippen LogP contribution in [0.3, 0.4) is 0 Å². The van der Waals surface area contributed by atoms with Crippen LogP contribution in [0.4, 0.5) is 8.78 Å². The Morgan fingerprint density at radius 1 is 1.40 bits per heavy atom. The number of carbonyl (C=O) groups excluding carboxylic acids is 1. The molecule has 2 N–H and O–H groups in total. The molecule has 0 aliphatic carbocycles. The van der Waals surface area contributed by atoms with Gasteiger partial charge in [-0.25, -0.2) is 4.79 Å². The maximum absolute atomic E-state index is 12.4. The van der Waals surface area contributed by atoms with Crippen molar-refractivity contribution in [1.29, 1.82) is 0 Å². The smallest absolute Gasteiger partial charge is 0.329 e. The van der Waals surface area contributed by atoms with E-state index in [9.17, 15) is 18.4 Å². The van der Waals surface area contributed by atoms with Gasteiger partial charge in [-0.1, -0.05) is 30.8 Å². The van der Waals surface area contributed by atoms with Crippen LogP contribution in [0.15, 0.2) is 29.2 Å². The van der Waals surface area contributed by atoms with Crippen LogP contribution in [0.1, 0.15) is 30.6 Å². The van der Waals surface area contributed by atoms with Crippen molar-refractivity contribution >= 4 is 23.6 Å². The first kappa shape index (κ1) is 16.4. The molecule has 0 heterocycles. The van der Waals surface area contributed by atoms with Crippen LogP contribution in [0.25, 0.3) is 0 Å². The molecule has 7 heteroatoms. The molecule has 0 saturated carbocycles. The Kier molecular flexibility index (Phi) is 5.50. The third-order valence-corrected chi connectivity index (χ3v) is 3.70. The molecule has 0 aromatic heterocycles. The van der Waals surface area contributed by atoms with E-state index in [4.69, 9.17) is 5.11 Å². The van der Waals surface area contributed by atoms with Crippen LogP contribution >= 0.6 is 11.8 Å². The number of amides is 1. The van der Waals surface area contributed by atoms with Gasteiger partial charge in [0, 0.05) is 4.90 Å². The lowest BCUT2D eigenvalue weighted by Crippen LogP contribution is -2.51. The summed E-state index contributed by atoms with van der Waals surface area (Å²) >= 11 is 0.254. The Morgan fingerprint density at radius 3 is 2.50 bits per heavy atom. The van der Waals surface area contributed by atoms with Crippen LogP contribution in [0.5, 0.6) is 0 Å². The van der Waals surface area contributed by atoms with Crippen LogP contribution in [-0.4, -0.2) is 28.3 Å². The van der Waals surface area contributed by atoms with Gasteiger partial charge in [0.05, 0.1) is 5.56 Å². The van der Waals surface area contributed by atoms with Crippen LogP contribution < -0.4 is 5.32 Å². The second-order valence-corrected chi connectivity index (χ2v) is 5.35. The van der Waals surface area contributed by atoms with E-state index in [1.165, 1.54) is 31.2 Å². The molecule has 1 atom stereocenters. The molecule has 0 saturated heterocycles. The number of aliphatic carboxylic acids is 1. The highest BCUT2D eigenvalue weighted by atomic mass is 32.2. The third kappa shape index (κ3) is 3.93. The maximum atomic E-state index is 12.4. The largest absolute Gasteiger partial charge is 0.480 e. The Hall–Kier alpha value is -1.63. The van der Waals surface area contributed by atoms with Gasteiger partial charge >= 0.3 is 5.97 Å². The highest BCUT2D eigenvalue weighted by Crippen LogP contribution is 2.28. The van der Waals surface area contributed by atoms with E-state index in [1.54, 1.807) is 6.92 Å². The molecule has 0 bridgehead atoms. The van der Waals surface area contributed by atoms with Gasteiger partial charge in [-0.2, -0.15) is 8.78 Å². The molecule has 1 aromatic rings. The van der Waals surface area contributed by atoms with E-state index in [0.29, 0.717) is 0 Å².